The van der Waals surface area contributed by atoms with E-state index in [9.17, 15) is 10.0 Å². The zero-order valence-corrected chi connectivity index (χ0v) is 13.5. The number of para-hydroxylation sites is 1. The fraction of sp³-hybridized carbons (Fsp3) is 0.0476. The Morgan fingerprint density at radius 3 is 2.48 bits per heavy atom. The van der Waals surface area contributed by atoms with Gasteiger partial charge in [0.25, 0.3) is 0 Å². The highest BCUT2D eigenvalue weighted by molar-refractivity contribution is 6.14. The average molecular weight is 328 g/mol. The lowest BCUT2D eigenvalue weighted by Crippen LogP contribution is -1.99. The maximum absolute atomic E-state index is 11.3. The maximum atomic E-state index is 11.3. The quantitative estimate of drug-likeness (QED) is 0.496. The molecular weight excluding hydrogens is 312 g/mol. The van der Waals surface area contributed by atoms with Gasteiger partial charge in [0.1, 0.15) is 5.75 Å². The van der Waals surface area contributed by atoms with E-state index in [1.807, 2.05) is 48.5 Å². The molecule has 1 aromatic heterocycles. The molecule has 0 aliphatic heterocycles. The lowest BCUT2D eigenvalue weighted by molar-refractivity contribution is 0.477. The van der Waals surface area contributed by atoms with E-state index in [0.717, 1.165) is 27.5 Å². The number of nitrogens with zero attached hydrogens (tertiary/aromatic N) is 2. The SMILES string of the molecule is C=Cc1ccc(Cn2c3ccccc3c3c(N=O)c(O)ccc32)cc1. The van der Waals surface area contributed by atoms with Crippen molar-refractivity contribution in [3.8, 4) is 5.75 Å². The molecule has 0 radical (unpaired) electrons. The van der Waals surface area contributed by atoms with Crippen molar-refractivity contribution < 1.29 is 5.11 Å². The Bertz CT molecular complexity index is 1110. The Morgan fingerprint density at radius 1 is 1.00 bits per heavy atom. The van der Waals surface area contributed by atoms with Crippen LogP contribution in [0.3, 0.4) is 0 Å². The van der Waals surface area contributed by atoms with Crippen LogP contribution in [0, 0.1) is 4.91 Å². The topological polar surface area (TPSA) is 54.6 Å². The van der Waals surface area contributed by atoms with Crippen LogP contribution in [0.2, 0.25) is 0 Å². The van der Waals surface area contributed by atoms with Gasteiger partial charge < -0.3 is 9.67 Å². The highest BCUT2D eigenvalue weighted by Crippen LogP contribution is 2.41. The van der Waals surface area contributed by atoms with E-state index >= 15 is 0 Å². The molecule has 0 saturated heterocycles. The Balaban J connectivity index is 1.98. The molecule has 122 valence electrons. The number of nitroso groups, excluding NO2 is 1. The molecule has 4 rings (SSSR count). The summed E-state index contributed by atoms with van der Waals surface area (Å²) in [5.74, 6) is -0.0965. The summed E-state index contributed by atoms with van der Waals surface area (Å²) in [6, 6.07) is 19.4. The fourth-order valence-electron chi connectivity index (χ4n) is 3.31. The second-order valence-corrected chi connectivity index (χ2v) is 5.97. The zero-order valence-electron chi connectivity index (χ0n) is 13.5. The van der Waals surface area contributed by atoms with Gasteiger partial charge in [0, 0.05) is 22.8 Å². The van der Waals surface area contributed by atoms with Gasteiger partial charge in [-0.3, -0.25) is 0 Å². The van der Waals surface area contributed by atoms with Crippen LogP contribution in [0.4, 0.5) is 5.69 Å². The molecule has 0 aliphatic carbocycles. The van der Waals surface area contributed by atoms with Crippen molar-refractivity contribution in [1.82, 2.24) is 4.57 Å². The summed E-state index contributed by atoms with van der Waals surface area (Å²) in [6.07, 6.45) is 1.81. The first-order chi connectivity index (χ1) is 12.2. The average Bonchev–Trinajstić information content (AvgIpc) is 2.96. The van der Waals surface area contributed by atoms with Crippen LogP contribution < -0.4 is 0 Å². The van der Waals surface area contributed by atoms with Crippen LogP contribution in [0.25, 0.3) is 27.9 Å². The van der Waals surface area contributed by atoms with Crippen molar-refractivity contribution in [2.24, 2.45) is 5.18 Å². The summed E-state index contributed by atoms with van der Waals surface area (Å²) in [6.45, 7) is 4.43. The molecule has 0 unspecified atom stereocenters. The zero-order chi connectivity index (χ0) is 17.4. The van der Waals surface area contributed by atoms with Crippen molar-refractivity contribution in [3.63, 3.8) is 0 Å². The highest BCUT2D eigenvalue weighted by atomic mass is 16.3. The van der Waals surface area contributed by atoms with E-state index in [1.54, 1.807) is 0 Å². The van der Waals surface area contributed by atoms with Crippen molar-refractivity contribution in [1.29, 1.82) is 0 Å². The van der Waals surface area contributed by atoms with Gasteiger partial charge in [-0.2, -0.15) is 0 Å². The second-order valence-electron chi connectivity index (χ2n) is 5.97. The van der Waals surface area contributed by atoms with Gasteiger partial charge in [0.15, 0.2) is 5.69 Å². The Hall–Kier alpha value is -3.40. The fourth-order valence-corrected chi connectivity index (χ4v) is 3.31. The molecule has 0 bridgehead atoms. The number of aromatic nitrogens is 1. The van der Waals surface area contributed by atoms with Gasteiger partial charge in [0.2, 0.25) is 0 Å². The number of aromatic hydroxyl groups is 1. The summed E-state index contributed by atoms with van der Waals surface area (Å²) in [4.78, 5) is 11.3. The summed E-state index contributed by atoms with van der Waals surface area (Å²) in [5, 5.41) is 14.7. The van der Waals surface area contributed by atoms with Gasteiger partial charge in [-0.1, -0.05) is 55.1 Å². The third kappa shape index (κ3) is 2.39. The monoisotopic (exact) mass is 328 g/mol. The smallest absolute Gasteiger partial charge is 0.159 e. The van der Waals surface area contributed by atoms with E-state index in [0.29, 0.717) is 11.9 Å². The van der Waals surface area contributed by atoms with Crippen molar-refractivity contribution in [3.05, 3.63) is 83.3 Å². The van der Waals surface area contributed by atoms with Crippen LogP contribution in [-0.4, -0.2) is 9.67 Å². The van der Waals surface area contributed by atoms with Crippen LogP contribution in [0.1, 0.15) is 11.1 Å². The maximum Gasteiger partial charge on any atom is 0.159 e. The summed E-state index contributed by atoms with van der Waals surface area (Å²) >= 11 is 0. The second kappa shape index (κ2) is 5.91. The van der Waals surface area contributed by atoms with E-state index < -0.39 is 0 Å². The molecule has 1 N–H and O–H groups in total. The van der Waals surface area contributed by atoms with Crippen LogP contribution in [0.15, 0.2) is 72.4 Å². The molecule has 4 aromatic rings. The molecule has 0 atom stereocenters. The van der Waals surface area contributed by atoms with Crippen molar-refractivity contribution in [2.45, 2.75) is 6.54 Å². The molecule has 1 heterocycles. The Labute approximate surface area is 144 Å². The van der Waals surface area contributed by atoms with Gasteiger partial charge in [-0.25, -0.2) is 0 Å². The minimum absolute atomic E-state index is 0.0921. The van der Waals surface area contributed by atoms with Gasteiger partial charge in [-0.05, 0) is 34.5 Å². The van der Waals surface area contributed by atoms with E-state index in [-0.39, 0.29) is 11.4 Å². The lowest BCUT2D eigenvalue weighted by atomic mass is 10.1. The summed E-state index contributed by atoms with van der Waals surface area (Å²) in [7, 11) is 0. The predicted molar refractivity (Wildman–Crippen MR) is 102 cm³/mol. The number of rotatable bonds is 4. The molecule has 0 fully saturated rings. The first kappa shape index (κ1) is 15.1. The van der Waals surface area contributed by atoms with Crippen LogP contribution >= 0.6 is 0 Å². The summed E-state index contributed by atoms with van der Waals surface area (Å²) in [5.41, 5.74) is 4.18. The summed E-state index contributed by atoms with van der Waals surface area (Å²) < 4.78 is 2.14. The molecule has 3 aromatic carbocycles. The third-order valence-electron chi connectivity index (χ3n) is 4.54. The first-order valence-corrected chi connectivity index (χ1v) is 8.00. The molecule has 0 spiro atoms. The van der Waals surface area contributed by atoms with E-state index in [4.69, 9.17) is 0 Å². The number of benzene rings is 3. The molecular formula is C21H16N2O2. The number of hydrogen-bond acceptors (Lipinski definition) is 3. The Kier molecular flexibility index (Phi) is 3.58. The van der Waals surface area contributed by atoms with Crippen molar-refractivity contribution >= 4 is 33.6 Å². The molecule has 25 heavy (non-hydrogen) atoms. The molecule has 0 saturated carbocycles. The first-order valence-electron chi connectivity index (χ1n) is 8.00. The molecule has 0 amide bonds. The largest absolute Gasteiger partial charge is 0.506 e. The van der Waals surface area contributed by atoms with Crippen molar-refractivity contribution in [2.75, 3.05) is 0 Å². The molecule has 4 heteroatoms. The molecule has 0 aliphatic rings. The minimum atomic E-state index is -0.0965. The van der Waals surface area contributed by atoms with Gasteiger partial charge in [0.05, 0.1) is 5.52 Å². The normalized spacial score (nSPS) is 11.0. The highest BCUT2D eigenvalue weighted by Gasteiger charge is 2.17. The van der Waals surface area contributed by atoms with Crippen LogP contribution in [-0.2, 0) is 6.54 Å². The van der Waals surface area contributed by atoms with E-state index in [1.165, 1.54) is 6.07 Å². The minimum Gasteiger partial charge on any atom is -0.506 e. The van der Waals surface area contributed by atoms with Gasteiger partial charge >= 0.3 is 0 Å². The van der Waals surface area contributed by atoms with E-state index in [2.05, 4.69) is 28.5 Å². The number of phenols is 1. The lowest BCUT2D eigenvalue weighted by Gasteiger charge is -2.08. The van der Waals surface area contributed by atoms with Crippen LogP contribution in [0.5, 0.6) is 5.75 Å². The number of hydrogen-bond donors (Lipinski definition) is 1. The Morgan fingerprint density at radius 2 is 1.76 bits per heavy atom. The van der Waals surface area contributed by atoms with Gasteiger partial charge in [-0.15, -0.1) is 4.91 Å². The third-order valence-corrected chi connectivity index (χ3v) is 4.54. The number of fused-ring (bicyclic) bond motifs is 3. The number of phenolic OH excluding ortho intramolecular Hbond substituents is 1. The standard InChI is InChI=1S/C21H16N2O2/c1-2-14-7-9-15(10-8-14)13-23-17-6-4-3-5-16(17)20-18(23)11-12-19(24)21(20)22-25/h2-12,24H,1,13H2. The predicted octanol–water partition coefficient (Wildman–Crippen LogP) is 5.59. The molecule has 4 nitrogen and oxygen atoms in total.